The van der Waals surface area contributed by atoms with Crippen LogP contribution in [0.2, 0.25) is 0 Å². The maximum absolute atomic E-state index is 12.3. The van der Waals surface area contributed by atoms with Crippen LogP contribution in [0.3, 0.4) is 0 Å². The van der Waals surface area contributed by atoms with Crippen LogP contribution in [0.4, 0.5) is 0 Å². The summed E-state index contributed by atoms with van der Waals surface area (Å²) in [4.78, 5) is 23.9. The Morgan fingerprint density at radius 3 is 2.29 bits per heavy atom. The summed E-state index contributed by atoms with van der Waals surface area (Å²) in [5.41, 5.74) is 1.22. The number of nitrogens with one attached hydrogen (secondary N) is 1. The van der Waals surface area contributed by atoms with E-state index in [9.17, 15) is 9.59 Å². The van der Waals surface area contributed by atoms with Crippen molar-refractivity contribution in [2.75, 3.05) is 26.9 Å². The first-order valence-corrected chi connectivity index (χ1v) is 7.79. The smallest absolute Gasteiger partial charge is 0.257 e. The molecule has 0 fully saturated rings. The highest BCUT2D eigenvalue weighted by Gasteiger charge is 2.09. The molecule has 1 N–H and O–H groups in total. The predicted molar refractivity (Wildman–Crippen MR) is 91.3 cm³/mol. The van der Waals surface area contributed by atoms with E-state index in [1.165, 1.54) is 0 Å². The Hall–Kier alpha value is -2.66. The highest BCUT2D eigenvalue weighted by Crippen LogP contribution is 2.15. The molecule has 0 saturated heterocycles. The van der Waals surface area contributed by atoms with Crippen LogP contribution in [0.15, 0.2) is 54.6 Å². The molecular formula is C19H21NO4. The van der Waals surface area contributed by atoms with Crippen LogP contribution >= 0.6 is 0 Å². The topological polar surface area (TPSA) is 64.6 Å². The Kier molecular flexibility index (Phi) is 6.98. The van der Waals surface area contributed by atoms with Crippen molar-refractivity contribution in [2.45, 2.75) is 6.42 Å². The normalized spacial score (nSPS) is 10.2. The van der Waals surface area contributed by atoms with Gasteiger partial charge in [0, 0.05) is 31.4 Å². The number of carbonyl (C=O) groups excluding carboxylic acids is 2. The van der Waals surface area contributed by atoms with E-state index in [2.05, 4.69) is 5.32 Å². The van der Waals surface area contributed by atoms with E-state index in [0.29, 0.717) is 30.0 Å². The van der Waals surface area contributed by atoms with Crippen LogP contribution in [0.1, 0.15) is 22.3 Å². The van der Waals surface area contributed by atoms with Gasteiger partial charge in [0.25, 0.3) is 5.91 Å². The van der Waals surface area contributed by atoms with Crippen molar-refractivity contribution < 1.29 is 19.1 Å². The van der Waals surface area contributed by atoms with Gasteiger partial charge >= 0.3 is 0 Å². The zero-order chi connectivity index (χ0) is 17.2. The third kappa shape index (κ3) is 5.52. The molecule has 0 atom stereocenters. The number of ether oxygens (including phenoxy) is 2. The first kappa shape index (κ1) is 17.7. The number of ketones is 1. The van der Waals surface area contributed by atoms with Crippen LogP contribution in [0, 0.1) is 0 Å². The van der Waals surface area contributed by atoms with Gasteiger partial charge in [0.15, 0.2) is 12.4 Å². The lowest BCUT2D eigenvalue weighted by molar-refractivity contribution is -0.123. The molecule has 0 aliphatic rings. The molecule has 5 nitrogen and oxygen atoms in total. The molecule has 0 aliphatic carbocycles. The highest BCUT2D eigenvalue weighted by molar-refractivity contribution is 6.08. The van der Waals surface area contributed by atoms with Crippen molar-refractivity contribution in [1.29, 1.82) is 0 Å². The first-order chi connectivity index (χ1) is 11.7. The summed E-state index contributed by atoms with van der Waals surface area (Å²) in [6.07, 6.45) is 0.762. The number of methoxy groups -OCH3 is 1. The molecule has 0 saturated carbocycles. The second-order valence-electron chi connectivity index (χ2n) is 5.20. The van der Waals surface area contributed by atoms with Gasteiger partial charge in [0.2, 0.25) is 0 Å². The average Bonchev–Trinajstić information content (AvgIpc) is 2.64. The van der Waals surface area contributed by atoms with Gasteiger partial charge in [-0.1, -0.05) is 30.3 Å². The minimum absolute atomic E-state index is 0.0435. The lowest BCUT2D eigenvalue weighted by Gasteiger charge is -2.08. The van der Waals surface area contributed by atoms with Crippen molar-refractivity contribution in [3.63, 3.8) is 0 Å². The summed E-state index contributed by atoms with van der Waals surface area (Å²) >= 11 is 0. The molecule has 0 heterocycles. The molecule has 0 aromatic heterocycles. The minimum Gasteiger partial charge on any atom is -0.484 e. The second-order valence-corrected chi connectivity index (χ2v) is 5.20. The predicted octanol–water partition coefficient (Wildman–Crippen LogP) is 2.45. The maximum atomic E-state index is 12.3. The average molecular weight is 327 g/mol. The van der Waals surface area contributed by atoms with E-state index in [-0.39, 0.29) is 18.3 Å². The molecule has 1 amide bonds. The Morgan fingerprint density at radius 1 is 0.958 bits per heavy atom. The summed E-state index contributed by atoms with van der Waals surface area (Å²) in [5, 5.41) is 2.74. The Balaban J connectivity index is 1.82. The molecule has 5 heteroatoms. The number of hydrogen-bond donors (Lipinski definition) is 1. The van der Waals surface area contributed by atoms with Crippen molar-refractivity contribution in [3.05, 3.63) is 65.7 Å². The second kappa shape index (κ2) is 9.47. The lowest BCUT2D eigenvalue weighted by Crippen LogP contribution is -2.30. The zero-order valence-electron chi connectivity index (χ0n) is 13.7. The number of rotatable bonds is 9. The maximum Gasteiger partial charge on any atom is 0.257 e. The van der Waals surface area contributed by atoms with E-state index in [1.807, 2.05) is 18.2 Å². The summed E-state index contributed by atoms with van der Waals surface area (Å²) in [7, 11) is 1.62. The fourth-order valence-corrected chi connectivity index (χ4v) is 2.10. The molecule has 2 aromatic carbocycles. The first-order valence-electron chi connectivity index (χ1n) is 7.79. The molecule has 0 radical (unpaired) electrons. The quantitative estimate of drug-likeness (QED) is 0.567. The molecule has 0 aliphatic heterocycles. The molecule has 0 spiro atoms. The monoisotopic (exact) mass is 327 g/mol. The van der Waals surface area contributed by atoms with Gasteiger partial charge in [0.1, 0.15) is 5.75 Å². The SMILES string of the molecule is COCCCNC(=O)COc1ccc(C(=O)c2ccccc2)cc1. The van der Waals surface area contributed by atoms with Crippen LogP contribution in [0.5, 0.6) is 5.75 Å². The van der Waals surface area contributed by atoms with Gasteiger partial charge in [-0.2, -0.15) is 0 Å². The van der Waals surface area contributed by atoms with Crippen LogP contribution in [0.25, 0.3) is 0 Å². The number of carbonyl (C=O) groups is 2. The Morgan fingerprint density at radius 2 is 1.62 bits per heavy atom. The third-order valence-corrected chi connectivity index (χ3v) is 3.37. The van der Waals surface area contributed by atoms with Crippen LogP contribution in [-0.4, -0.2) is 38.6 Å². The van der Waals surface area contributed by atoms with Crippen molar-refractivity contribution in [1.82, 2.24) is 5.32 Å². The van der Waals surface area contributed by atoms with Gasteiger partial charge in [-0.25, -0.2) is 0 Å². The van der Waals surface area contributed by atoms with Gasteiger partial charge in [-0.05, 0) is 30.7 Å². The fraction of sp³-hybridized carbons (Fsp3) is 0.263. The van der Waals surface area contributed by atoms with E-state index >= 15 is 0 Å². The van der Waals surface area contributed by atoms with E-state index in [0.717, 1.165) is 6.42 Å². The number of hydrogen-bond acceptors (Lipinski definition) is 4. The molecular weight excluding hydrogens is 306 g/mol. The van der Waals surface area contributed by atoms with E-state index in [4.69, 9.17) is 9.47 Å². The van der Waals surface area contributed by atoms with E-state index in [1.54, 1.807) is 43.5 Å². The fourth-order valence-electron chi connectivity index (χ4n) is 2.10. The van der Waals surface area contributed by atoms with Crippen LogP contribution in [-0.2, 0) is 9.53 Å². The Labute approximate surface area is 141 Å². The molecule has 126 valence electrons. The minimum atomic E-state index is -0.185. The van der Waals surface area contributed by atoms with Gasteiger partial charge < -0.3 is 14.8 Å². The third-order valence-electron chi connectivity index (χ3n) is 3.37. The zero-order valence-corrected chi connectivity index (χ0v) is 13.7. The molecule has 24 heavy (non-hydrogen) atoms. The summed E-state index contributed by atoms with van der Waals surface area (Å²) < 4.78 is 10.3. The van der Waals surface area contributed by atoms with Gasteiger partial charge in [-0.15, -0.1) is 0 Å². The Bertz CT molecular complexity index is 653. The highest BCUT2D eigenvalue weighted by atomic mass is 16.5. The van der Waals surface area contributed by atoms with Gasteiger partial charge in [-0.3, -0.25) is 9.59 Å². The number of amides is 1. The van der Waals surface area contributed by atoms with Crippen molar-refractivity contribution in [2.24, 2.45) is 0 Å². The van der Waals surface area contributed by atoms with Crippen molar-refractivity contribution in [3.8, 4) is 5.75 Å². The molecule has 0 unspecified atom stereocenters. The largest absolute Gasteiger partial charge is 0.484 e. The molecule has 0 bridgehead atoms. The van der Waals surface area contributed by atoms with E-state index < -0.39 is 0 Å². The molecule has 2 aromatic rings. The van der Waals surface area contributed by atoms with Crippen molar-refractivity contribution >= 4 is 11.7 Å². The van der Waals surface area contributed by atoms with Gasteiger partial charge in [0.05, 0.1) is 0 Å². The number of benzene rings is 2. The lowest BCUT2D eigenvalue weighted by atomic mass is 10.0. The summed E-state index contributed by atoms with van der Waals surface area (Å²) in [6, 6.07) is 15.9. The van der Waals surface area contributed by atoms with Crippen LogP contribution < -0.4 is 10.1 Å². The molecule has 2 rings (SSSR count). The summed E-state index contributed by atoms with van der Waals surface area (Å²) in [5.74, 6) is 0.320. The standard InChI is InChI=1S/C19H21NO4/c1-23-13-5-12-20-18(21)14-24-17-10-8-16(9-11-17)19(22)15-6-3-2-4-7-15/h2-4,6-11H,5,12-14H2,1H3,(H,20,21). The summed E-state index contributed by atoms with van der Waals surface area (Å²) in [6.45, 7) is 1.11.